The van der Waals surface area contributed by atoms with Crippen molar-refractivity contribution in [2.24, 2.45) is 7.05 Å². The molecule has 0 spiro atoms. The Bertz CT molecular complexity index is 1120. The summed E-state index contributed by atoms with van der Waals surface area (Å²) in [5, 5.41) is 0.929. The first kappa shape index (κ1) is 20.9. The van der Waals surface area contributed by atoms with E-state index < -0.39 is 0 Å². The highest BCUT2D eigenvalue weighted by Crippen LogP contribution is 2.40. The second-order valence-corrected chi connectivity index (χ2v) is 7.62. The molecule has 31 heavy (non-hydrogen) atoms. The maximum absolute atomic E-state index is 13.7. The summed E-state index contributed by atoms with van der Waals surface area (Å²) in [6, 6.07) is 11.4. The zero-order chi connectivity index (χ0) is 22.1. The molecule has 3 aromatic rings. The highest BCUT2D eigenvalue weighted by Gasteiger charge is 2.34. The number of fused-ring (bicyclic) bond motifs is 1. The van der Waals surface area contributed by atoms with Gasteiger partial charge in [-0.05, 0) is 43.2 Å². The van der Waals surface area contributed by atoms with E-state index in [1.807, 2.05) is 52.9 Å². The van der Waals surface area contributed by atoms with Crippen LogP contribution in [0.5, 0.6) is 23.0 Å². The van der Waals surface area contributed by atoms with Crippen LogP contribution in [0.3, 0.4) is 0 Å². The van der Waals surface area contributed by atoms with Gasteiger partial charge in [0, 0.05) is 30.6 Å². The quantitative estimate of drug-likeness (QED) is 0.594. The van der Waals surface area contributed by atoms with Gasteiger partial charge in [-0.1, -0.05) is 0 Å². The van der Waals surface area contributed by atoms with Crippen molar-refractivity contribution in [2.45, 2.75) is 18.9 Å². The third-order valence-electron chi connectivity index (χ3n) is 6.08. The maximum Gasteiger partial charge on any atom is 0.271 e. The van der Waals surface area contributed by atoms with Gasteiger partial charge in [0.2, 0.25) is 0 Å². The fourth-order valence-corrected chi connectivity index (χ4v) is 4.45. The predicted molar refractivity (Wildman–Crippen MR) is 119 cm³/mol. The van der Waals surface area contributed by atoms with Crippen molar-refractivity contribution in [1.82, 2.24) is 9.47 Å². The van der Waals surface area contributed by atoms with Crippen molar-refractivity contribution in [3.05, 3.63) is 47.7 Å². The Balaban J connectivity index is 1.74. The molecule has 0 saturated carbocycles. The minimum Gasteiger partial charge on any atom is -0.497 e. The Morgan fingerprint density at radius 3 is 2.29 bits per heavy atom. The average molecular weight is 424 g/mol. The lowest BCUT2D eigenvalue weighted by Crippen LogP contribution is -2.32. The van der Waals surface area contributed by atoms with E-state index in [9.17, 15) is 4.79 Å². The van der Waals surface area contributed by atoms with Gasteiger partial charge in [-0.2, -0.15) is 0 Å². The molecule has 2 heterocycles. The molecular weight excluding hydrogens is 396 g/mol. The van der Waals surface area contributed by atoms with Crippen molar-refractivity contribution < 1.29 is 23.7 Å². The number of hydrogen-bond donors (Lipinski definition) is 0. The van der Waals surface area contributed by atoms with Gasteiger partial charge in [0.15, 0.2) is 11.5 Å². The van der Waals surface area contributed by atoms with E-state index in [-0.39, 0.29) is 11.9 Å². The number of aromatic nitrogens is 1. The van der Waals surface area contributed by atoms with E-state index in [1.165, 1.54) is 0 Å². The molecule has 164 valence electrons. The molecule has 1 aromatic heterocycles. The second-order valence-electron chi connectivity index (χ2n) is 7.62. The Kier molecular flexibility index (Phi) is 5.67. The highest BCUT2D eigenvalue weighted by atomic mass is 16.5. The Labute approximate surface area is 182 Å². The largest absolute Gasteiger partial charge is 0.497 e. The number of amides is 1. The molecule has 0 bridgehead atoms. The Morgan fingerprint density at radius 1 is 0.903 bits per heavy atom. The molecule has 1 atom stereocenters. The normalized spacial score (nSPS) is 15.9. The monoisotopic (exact) mass is 424 g/mol. The summed E-state index contributed by atoms with van der Waals surface area (Å²) in [5.74, 6) is 2.77. The van der Waals surface area contributed by atoms with Crippen LogP contribution in [-0.4, -0.2) is 50.4 Å². The summed E-state index contributed by atoms with van der Waals surface area (Å²) >= 11 is 0. The number of rotatable bonds is 6. The van der Waals surface area contributed by atoms with Crippen LogP contribution in [0.1, 0.15) is 34.9 Å². The van der Waals surface area contributed by atoms with Gasteiger partial charge in [-0.3, -0.25) is 4.79 Å². The number of ether oxygens (including phenoxy) is 4. The maximum atomic E-state index is 13.7. The van der Waals surface area contributed by atoms with Gasteiger partial charge in [0.25, 0.3) is 5.91 Å². The fraction of sp³-hybridized carbons (Fsp3) is 0.375. The molecule has 1 saturated heterocycles. The Hall–Kier alpha value is -3.35. The summed E-state index contributed by atoms with van der Waals surface area (Å²) in [6.45, 7) is 0.692. The SMILES string of the molecule is COc1ccc(OC)c([C@H]2CCCN2C(=O)c2cc3cc(OC)c(OC)cc3n2C)c1. The van der Waals surface area contributed by atoms with Crippen LogP contribution in [0.2, 0.25) is 0 Å². The van der Waals surface area contributed by atoms with Crippen LogP contribution in [0.15, 0.2) is 36.4 Å². The van der Waals surface area contributed by atoms with Crippen molar-refractivity contribution in [2.75, 3.05) is 35.0 Å². The zero-order valence-electron chi connectivity index (χ0n) is 18.6. The number of methoxy groups -OCH3 is 4. The lowest BCUT2D eigenvalue weighted by molar-refractivity contribution is 0.0724. The van der Waals surface area contributed by atoms with Gasteiger partial charge >= 0.3 is 0 Å². The van der Waals surface area contributed by atoms with Gasteiger partial charge in [0.1, 0.15) is 17.2 Å². The second kappa shape index (κ2) is 8.41. The minimum absolute atomic E-state index is 0.0102. The van der Waals surface area contributed by atoms with Gasteiger partial charge in [-0.15, -0.1) is 0 Å². The summed E-state index contributed by atoms with van der Waals surface area (Å²) in [7, 11) is 8.40. The highest BCUT2D eigenvalue weighted by molar-refractivity contribution is 5.99. The molecular formula is C24H28N2O5. The molecule has 1 amide bonds. The van der Waals surface area contributed by atoms with Gasteiger partial charge in [0.05, 0.1) is 40.0 Å². The molecule has 1 aliphatic rings. The topological polar surface area (TPSA) is 62.2 Å². The molecule has 7 heteroatoms. The number of aryl methyl sites for hydroxylation is 1. The predicted octanol–water partition coefficient (Wildman–Crippen LogP) is 4.19. The molecule has 1 aliphatic heterocycles. The van der Waals surface area contributed by atoms with Crippen LogP contribution >= 0.6 is 0 Å². The van der Waals surface area contributed by atoms with E-state index >= 15 is 0 Å². The third-order valence-corrected chi connectivity index (χ3v) is 6.08. The molecule has 2 aromatic carbocycles. The van der Waals surface area contributed by atoms with Crippen LogP contribution in [0, 0.1) is 0 Å². The first-order valence-electron chi connectivity index (χ1n) is 10.3. The van der Waals surface area contributed by atoms with E-state index in [4.69, 9.17) is 18.9 Å². The van der Waals surface area contributed by atoms with E-state index in [0.29, 0.717) is 23.7 Å². The molecule has 0 N–H and O–H groups in total. The van der Waals surface area contributed by atoms with Crippen molar-refractivity contribution in [1.29, 1.82) is 0 Å². The minimum atomic E-state index is -0.0698. The van der Waals surface area contributed by atoms with Crippen LogP contribution < -0.4 is 18.9 Å². The number of benzene rings is 2. The van der Waals surface area contributed by atoms with Crippen LogP contribution in [0.25, 0.3) is 10.9 Å². The number of carbonyl (C=O) groups is 1. The van der Waals surface area contributed by atoms with E-state index in [2.05, 4.69) is 0 Å². The lowest BCUT2D eigenvalue weighted by Gasteiger charge is -2.27. The molecule has 1 fully saturated rings. The summed E-state index contributed by atoms with van der Waals surface area (Å²) < 4.78 is 23.8. The number of likely N-dealkylation sites (tertiary alicyclic amines) is 1. The standard InChI is InChI=1S/C24H28N2O5/c1-25-19-14-23(31-5)22(30-4)12-15(19)11-20(25)24(27)26-10-6-7-18(26)17-13-16(28-2)8-9-21(17)29-3/h8-9,11-14,18H,6-7,10H2,1-5H3/t18-/m1/s1. The number of nitrogens with zero attached hydrogens (tertiary/aromatic N) is 2. The van der Waals surface area contributed by atoms with Gasteiger partial charge in [-0.25, -0.2) is 0 Å². The van der Waals surface area contributed by atoms with E-state index in [1.54, 1.807) is 28.4 Å². The zero-order valence-corrected chi connectivity index (χ0v) is 18.6. The summed E-state index contributed by atoms with van der Waals surface area (Å²) in [5.41, 5.74) is 2.50. The van der Waals surface area contributed by atoms with E-state index in [0.717, 1.165) is 40.8 Å². The lowest BCUT2D eigenvalue weighted by atomic mass is 10.0. The van der Waals surface area contributed by atoms with Crippen molar-refractivity contribution >= 4 is 16.8 Å². The van der Waals surface area contributed by atoms with Crippen LogP contribution in [0.4, 0.5) is 0 Å². The average Bonchev–Trinajstić information content (AvgIpc) is 3.42. The molecule has 4 rings (SSSR count). The first-order valence-corrected chi connectivity index (χ1v) is 10.3. The number of carbonyl (C=O) groups excluding carboxylic acids is 1. The van der Waals surface area contributed by atoms with Crippen molar-refractivity contribution in [3.8, 4) is 23.0 Å². The molecule has 0 unspecified atom stereocenters. The van der Waals surface area contributed by atoms with Crippen LogP contribution in [-0.2, 0) is 7.05 Å². The van der Waals surface area contributed by atoms with Gasteiger partial charge < -0.3 is 28.4 Å². The molecule has 0 radical (unpaired) electrons. The number of hydrogen-bond acceptors (Lipinski definition) is 5. The molecule has 7 nitrogen and oxygen atoms in total. The van der Waals surface area contributed by atoms with Crippen molar-refractivity contribution in [3.63, 3.8) is 0 Å². The third kappa shape index (κ3) is 3.54. The Morgan fingerprint density at radius 2 is 1.61 bits per heavy atom. The summed E-state index contributed by atoms with van der Waals surface area (Å²) in [4.78, 5) is 15.6. The smallest absolute Gasteiger partial charge is 0.271 e. The first-order chi connectivity index (χ1) is 15.0. The molecule has 0 aliphatic carbocycles. The fourth-order valence-electron chi connectivity index (χ4n) is 4.45. The summed E-state index contributed by atoms with van der Waals surface area (Å²) in [6.07, 6.45) is 1.81.